The Bertz CT molecular complexity index is 812. The molecule has 0 unspecified atom stereocenters. The Hall–Kier alpha value is -2.04. The molecule has 1 heterocycles. The smallest absolute Gasteiger partial charge is 0.387 e. The van der Waals surface area contributed by atoms with Crippen LogP contribution in [0.15, 0.2) is 40.9 Å². The quantitative estimate of drug-likeness (QED) is 0.270. The van der Waals surface area contributed by atoms with E-state index in [9.17, 15) is 8.78 Å². The molecule has 1 aromatic carbocycles. The van der Waals surface area contributed by atoms with Gasteiger partial charge in [-0.25, -0.2) is 0 Å². The van der Waals surface area contributed by atoms with Crippen molar-refractivity contribution in [1.82, 2.24) is 4.98 Å². The highest BCUT2D eigenvalue weighted by atomic mass is 32.2. The first-order valence-corrected chi connectivity index (χ1v) is 10.0. The number of ether oxygens (including phenoxy) is 3. The molecule has 0 N–H and O–H groups in total. The molecule has 0 aliphatic carbocycles. The van der Waals surface area contributed by atoms with Crippen LogP contribution in [-0.2, 0) is 0 Å². The van der Waals surface area contributed by atoms with Crippen molar-refractivity contribution >= 4 is 52.4 Å². The van der Waals surface area contributed by atoms with Crippen molar-refractivity contribution in [2.24, 2.45) is 0 Å². The van der Waals surface area contributed by atoms with Crippen LogP contribution in [0.5, 0.6) is 17.2 Å². The molecule has 0 saturated carbocycles. The summed E-state index contributed by atoms with van der Waals surface area (Å²) < 4.78 is 43.6. The number of pyridine rings is 1. The van der Waals surface area contributed by atoms with Crippen molar-refractivity contribution in [2.45, 2.75) is 11.5 Å². The van der Waals surface area contributed by atoms with Crippen LogP contribution < -0.4 is 18.5 Å². The number of methoxy groups -OCH3 is 2. The molecule has 10 heteroatoms. The number of rotatable bonds is 10. The molecule has 150 valence electrons. The minimum atomic E-state index is -2.98. The number of thiocarbonyl (C=S) groups is 1. The van der Waals surface area contributed by atoms with Crippen LogP contribution in [0.1, 0.15) is 5.56 Å². The summed E-state index contributed by atoms with van der Waals surface area (Å²) in [5.41, 5.74) is 1.62. The van der Waals surface area contributed by atoms with Crippen molar-refractivity contribution in [3.63, 3.8) is 0 Å². The third-order valence-electron chi connectivity index (χ3n) is 3.44. The number of alkyl halides is 2. The van der Waals surface area contributed by atoms with Crippen LogP contribution in [0, 0.1) is 0 Å². The summed E-state index contributed by atoms with van der Waals surface area (Å²) in [6.07, 6.45) is 5.27. The molecule has 0 bridgehead atoms. The first-order valence-electron chi connectivity index (χ1n) is 7.82. The molecule has 0 fully saturated rings. The summed E-state index contributed by atoms with van der Waals surface area (Å²) in [6, 6.07) is 5.07. The van der Waals surface area contributed by atoms with Crippen LogP contribution in [0.2, 0.25) is 0 Å². The zero-order valence-corrected chi connectivity index (χ0v) is 17.7. The highest BCUT2D eigenvalue weighted by Gasteiger charge is 2.17. The van der Waals surface area contributed by atoms with E-state index >= 15 is 0 Å². The monoisotopic (exact) mass is 444 g/mol. The number of halogens is 2. The topological polar surface area (TPSA) is 43.8 Å². The van der Waals surface area contributed by atoms with Gasteiger partial charge in [-0.1, -0.05) is 24.0 Å². The lowest BCUT2D eigenvalue weighted by molar-refractivity contribution is -0.0526. The normalized spacial score (nSPS) is 10.9. The fourth-order valence-corrected chi connectivity index (χ4v) is 3.80. The molecule has 0 aliphatic rings. The molecule has 0 saturated heterocycles. The molecule has 0 atom stereocenters. The highest BCUT2D eigenvalue weighted by Crippen LogP contribution is 2.40. The first-order chi connectivity index (χ1) is 13.5. The Labute approximate surface area is 176 Å². The molecule has 28 heavy (non-hydrogen) atoms. The standard InChI is InChI=1S/C18H18F2N2O3S3/c1-22(13-10-21-6-4-16(13)27-11-26)28-7-5-12-8-14(23-2)17(25-18(19)20)15(9-12)24-3/h4-11,18H,1-3H3/b7-5+. The van der Waals surface area contributed by atoms with Gasteiger partial charge in [0.25, 0.3) is 0 Å². The largest absolute Gasteiger partial charge is 0.493 e. The molecule has 0 spiro atoms. The average Bonchev–Trinajstić information content (AvgIpc) is 2.68. The first kappa shape index (κ1) is 22.3. The maximum absolute atomic E-state index is 12.6. The van der Waals surface area contributed by atoms with E-state index in [4.69, 9.17) is 21.7 Å². The molecule has 0 radical (unpaired) electrons. The van der Waals surface area contributed by atoms with Crippen molar-refractivity contribution in [3.05, 3.63) is 41.6 Å². The van der Waals surface area contributed by atoms with Crippen LogP contribution in [0.4, 0.5) is 14.5 Å². The summed E-state index contributed by atoms with van der Waals surface area (Å²) >= 11 is 7.78. The Morgan fingerprint density at radius 2 is 1.89 bits per heavy atom. The molecular formula is C18H18F2N2O3S3. The second-order valence-corrected chi connectivity index (χ2v) is 7.57. The third-order valence-corrected chi connectivity index (χ3v) is 5.20. The van der Waals surface area contributed by atoms with Gasteiger partial charge >= 0.3 is 6.61 Å². The lowest BCUT2D eigenvalue weighted by atomic mass is 10.2. The number of benzene rings is 1. The van der Waals surface area contributed by atoms with Gasteiger partial charge in [0.2, 0.25) is 5.75 Å². The van der Waals surface area contributed by atoms with Gasteiger partial charge in [-0.15, -0.1) is 0 Å². The minimum absolute atomic E-state index is 0.140. The predicted octanol–water partition coefficient (Wildman–Crippen LogP) is 5.50. The van der Waals surface area contributed by atoms with Gasteiger partial charge in [0, 0.05) is 22.8 Å². The molecule has 0 aliphatic heterocycles. The minimum Gasteiger partial charge on any atom is -0.493 e. The Morgan fingerprint density at radius 1 is 1.21 bits per heavy atom. The van der Waals surface area contributed by atoms with Gasteiger partial charge < -0.3 is 18.5 Å². The number of hydrogen-bond donors (Lipinski definition) is 0. The van der Waals surface area contributed by atoms with Crippen LogP contribution in [-0.4, -0.2) is 37.6 Å². The number of anilines is 1. The number of aromatic nitrogens is 1. The van der Waals surface area contributed by atoms with E-state index in [0.29, 0.717) is 5.56 Å². The summed E-state index contributed by atoms with van der Waals surface area (Å²) in [7, 11) is 4.65. The van der Waals surface area contributed by atoms with Crippen molar-refractivity contribution in [1.29, 1.82) is 0 Å². The van der Waals surface area contributed by atoms with Crippen molar-refractivity contribution < 1.29 is 23.0 Å². The van der Waals surface area contributed by atoms with Crippen LogP contribution >= 0.6 is 35.9 Å². The average molecular weight is 445 g/mol. The maximum Gasteiger partial charge on any atom is 0.387 e. The lowest BCUT2D eigenvalue weighted by Crippen LogP contribution is -2.06. The summed E-state index contributed by atoms with van der Waals surface area (Å²) in [5.74, 6) is 0.174. The van der Waals surface area contributed by atoms with E-state index in [1.54, 1.807) is 35.3 Å². The molecule has 0 amide bonds. The summed E-state index contributed by atoms with van der Waals surface area (Å²) in [4.78, 5) is 5.14. The van der Waals surface area contributed by atoms with Gasteiger partial charge in [0.1, 0.15) is 0 Å². The van der Waals surface area contributed by atoms with Crippen molar-refractivity contribution in [3.8, 4) is 17.2 Å². The maximum atomic E-state index is 12.6. The highest BCUT2D eigenvalue weighted by molar-refractivity contribution is 8.20. The van der Waals surface area contributed by atoms with E-state index < -0.39 is 6.61 Å². The summed E-state index contributed by atoms with van der Waals surface area (Å²) in [6.45, 7) is -2.98. The SMILES string of the molecule is COc1cc(/C=C/SN(C)c2cnccc2SC=S)cc(OC)c1OC(F)F. The fourth-order valence-electron chi connectivity index (χ4n) is 2.22. The molecule has 2 aromatic rings. The van der Waals surface area contributed by atoms with Crippen molar-refractivity contribution in [2.75, 3.05) is 25.6 Å². The van der Waals surface area contributed by atoms with Gasteiger partial charge in [0.15, 0.2) is 11.5 Å². The Kier molecular flexibility index (Phi) is 8.81. The molecule has 5 nitrogen and oxygen atoms in total. The van der Waals surface area contributed by atoms with Crippen LogP contribution in [0.3, 0.4) is 0 Å². The second-order valence-electron chi connectivity index (χ2n) is 5.10. The zero-order chi connectivity index (χ0) is 20.5. The van der Waals surface area contributed by atoms with Crippen LogP contribution in [0.25, 0.3) is 6.08 Å². The number of nitrogens with zero attached hydrogens (tertiary/aromatic N) is 2. The Balaban J connectivity index is 2.19. The van der Waals surface area contributed by atoms with Gasteiger partial charge in [0.05, 0.1) is 26.1 Å². The Morgan fingerprint density at radius 3 is 2.46 bits per heavy atom. The predicted molar refractivity (Wildman–Crippen MR) is 115 cm³/mol. The van der Waals surface area contributed by atoms with Gasteiger partial charge in [-0.3, -0.25) is 4.98 Å². The molecule has 2 rings (SSSR count). The molecular weight excluding hydrogens is 426 g/mol. The zero-order valence-electron chi connectivity index (χ0n) is 15.3. The van der Waals surface area contributed by atoms with E-state index in [2.05, 4.69) is 9.72 Å². The number of thioether (sulfide) groups is 1. The second kappa shape index (κ2) is 11.1. The van der Waals surface area contributed by atoms with E-state index in [1.165, 1.54) is 37.9 Å². The van der Waals surface area contributed by atoms with E-state index in [0.717, 1.165) is 10.6 Å². The van der Waals surface area contributed by atoms with E-state index in [-0.39, 0.29) is 17.2 Å². The van der Waals surface area contributed by atoms with E-state index in [1.807, 2.05) is 22.8 Å². The third kappa shape index (κ3) is 5.98. The van der Waals surface area contributed by atoms with Gasteiger partial charge in [-0.05, 0) is 47.2 Å². The number of hydrogen-bond acceptors (Lipinski definition) is 8. The summed E-state index contributed by atoms with van der Waals surface area (Å²) in [5, 5.41) is 1.85. The molecule has 1 aromatic heterocycles. The lowest BCUT2D eigenvalue weighted by Gasteiger charge is -2.18. The van der Waals surface area contributed by atoms with Gasteiger partial charge in [-0.2, -0.15) is 8.78 Å². The fraction of sp³-hybridized carbons (Fsp3) is 0.222.